The maximum absolute atomic E-state index is 13.0. The molecule has 192 valence electrons. The molecular formula is C26H29NO9. The van der Waals surface area contributed by atoms with Gasteiger partial charge in [0.25, 0.3) is 5.91 Å². The first kappa shape index (κ1) is 26.8. The average molecular weight is 500 g/mol. The van der Waals surface area contributed by atoms with Crippen LogP contribution in [-0.4, -0.2) is 61.1 Å². The summed E-state index contributed by atoms with van der Waals surface area (Å²) in [6, 6.07) is 16.6. The molecule has 10 heteroatoms. The Balaban J connectivity index is 1.95. The van der Waals surface area contributed by atoms with E-state index in [0.29, 0.717) is 5.56 Å². The van der Waals surface area contributed by atoms with Gasteiger partial charge in [-0.25, -0.2) is 0 Å². The second kappa shape index (κ2) is 12.8. The summed E-state index contributed by atoms with van der Waals surface area (Å²) in [7, 11) is 0. The molecule has 0 radical (unpaired) electrons. The van der Waals surface area contributed by atoms with Crippen LogP contribution in [0.4, 0.5) is 0 Å². The fraction of sp³-hybridized carbons (Fsp3) is 0.385. The van der Waals surface area contributed by atoms with E-state index >= 15 is 0 Å². The van der Waals surface area contributed by atoms with Crippen molar-refractivity contribution in [3.63, 3.8) is 0 Å². The smallest absolute Gasteiger partial charge is 0.303 e. The monoisotopic (exact) mass is 499 g/mol. The van der Waals surface area contributed by atoms with E-state index in [1.54, 1.807) is 30.3 Å². The van der Waals surface area contributed by atoms with Gasteiger partial charge in [0.15, 0.2) is 18.5 Å². The minimum atomic E-state index is -1.20. The number of esters is 3. The van der Waals surface area contributed by atoms with E-state index in [1.165, 1.54) is 20.8 Å². The third-order valence-corrected chi connectivity index (χ3v) is 5.29. The van der Waals surface area contributed by atoms with Crippen molar-refractivity contribution in [3.05, 3.63) is 71.8 Å². The summed E-state index contributed by atoms with van der Waals surface area (Å²) < 4.78 is 28.1. The SMILES string of the molecule is CC(=O)OC[C@H]1O[C@@H](OCc2ccccc2)[C@H](NC(=O)c2ccccc2)[C@@H](OC(C)=O)[C@@H]1OC(C)=O. The first-order chi connectivity index (χ1) is 17.2. The molecule has 0 bridgehead atoms. The molecule has 1 saturated heterocycles. The summed E-state index contributed by atoms with van der Waals surface area (Å²) in [5.41, 5.74) is 1.18. The number of rotatable bonds is 9. The molecule has 1 fully saturated rings. The lowest BCUT2D eigenvalue weighted by molar-refractivity contribution is -0.279. The predicted molar refractivity (Wildman–Crippen MR) is 125 cm³/mol. The largest absolute Gasteiger partial charge is 0.463 e. The highest BCUT2D eigenvalue weighted by molar-refractivity contribution is 5.94. The third kappa shape index (κ3) is 7.62. The van der Waals surface area contributed by atoms with Crippen molar-refractivity contribution in [3.8, 4) is 0 Å². The molecule has 1 amide bonds. The summed E-state index contributed by atoms with van der Waals surface area (Å²) in [5.74, 6) is -2.41. The van der Waals surface area contributed by atoms with Gasteiger partial charge in [-0.1, -0.05) is 48.5 Å². The van der Waals surface area contributed by atoms with E-state index in [1.807, 2.05) is 30.3 Å². The van der Waals surface area contributed by atoms with Crippen molar-refractivity contribution in [1.29, 1.82) is 0 Å². The highest BCUT2D eigenvalue weighted by Gasteiger charge is 2.51. The topological polar surface area (TPSA) is 126 Å². The molecule has 0 aliphatic carbocycles. The number of amides is 1. The Bertz CT molecular complexity index is 1040. The average Bonchev–Trinajstić information content (AvgIpc) is 2.85. The van der Waals surface area contributed by atoms with Crippen LogP contribution in [0.2, 0.25) is 0 Å². The molecule has 10 nitrogen and oxygen atoms in total. The number of carbonyl (C=O) groups is 4. The molecule has 2 aromatic carbocycles. The predicted octanol–water partition coefficient (Wildman–Crippen LogP) is 2.15. The van der Waals surface area contributed by atoms with Gasteiger partial charge < -0.3 is 29.0 Å². The third-order valence-electron chi connectivity index (χ3n) is 5.29. The number of hydrogen-bond donors (Lipinski definition) is 1. The van der Waals surface area contributed by atoms with Gasteiger partial charge in [-0.3, -0.25) is 19.2 Å². The zero-order chi connectivity index (χ0) is 26.1. The normalized spacial score (nSPS) is 23.2. The van der Waals surface area contributed by atoms with Crippen molar-refractivity contribution < 1.29 is 42.9 Å². The van der Waals surface area contributed by atoms with Crippen LogP contribution in [0.25, 0.3) is 0 Å². The summed E-state index contributed by atoms with van der Waals surface area (Å²) in [6.45, 7) is 3.41. The molecular weight excluding hydrogens is 470 g/mol. The van der Waals surface area contributed by atoms with Gasteiger partial charge in [0.05, 0.1) is 6.61 Å². The summed E-state index contributed by atoms with van der Waals surface area (Å²) in [4.78, 5) is 48.5. The van der Waals surface area contributed by atoms with Crippen LogP contribution in [0.15, 0.2) is 60.7 Å². The zero-order valence-electron chi connectivity index (χ0n) is 20.2. The highest BCUT2D eigenvalue weighted by Crippen LogP contribution is 2.29. The Hall–Kier alpha value is -3.76. The van der Waals surface area contributed by atoms with Crippen molar-refractivity contribution in [2.75, 3.05) is 6.61 Å². The van der Waals surface area contributed by atoms with E-state index < -0.39 is 54.5 Å². The molecule has 1 aliphatic rings. The van der Waals surface area contributed by atoms with Gasteiger partial charge in [-0.2, -0.15) is 0 Å². The Morgan fingerprint density at radius 3 is 1.97 bits per heavy atom. The van der Waals surface area contributed by atoms with Crippen LogP contribution in [-0.2, 0) is 44.7 Å². The van der Waals surface area contributed by atoms with Crippen LogP contribution in [0.1, 0.15) is 36.7 Å². The molecule has 1 aliphatic heterocycles. The Kier molecular flexibility index (Phi) is 9.54. The molecule has 2 aromatic rings. The molecule has 36 heavy (non-hydrogen) atoms. The Morgan fingerprint density at radius 2 is 1.39 bits per heavy atom. The maximum atomic E-state index is 13.0. The van der Waals surface area contributed by atoms with Crippen LogP contribution < -0.4 is 5.32 Å². The number of nitrogens with one attached hydrogen (secondary N) is 1. The minimum Gasteiger partial charge on any atom is -0.463 e. The van der Waals surface area contributed by atoms with Gasteiger partial charge in [0.2, 0.25) is 0 Å². The first-order valence-corrected chi connectivity index (χ1v) is 11.4. The molecule has 0 spiro atoms. The Morgan fingerprint density at radius 1 is 0.806 bits per heavy atom. The van der Waals surface area contributed by atoms with Gasteiger partial charge in [0.1, 0.15) is 18.8 Å². The molecule has 1 heterocycles. The molecule has 0 saturated carbocycles. The highest BCUT2D eigenvalue weighted by atomic mass is 16.7. The second-order valence-corrected chi connectivity index (χ2v) is 8.16. The molecule has 0 unspecified atom stereocenters. The number of ether oxygens (including phenoxy) is 5. The summed E-state index contributed by atoms with van der Waals surface area (Å²) in [6.07, 6.45) is -4.57. The number of benzene rings is 2. The van der Waals surface area contributed by atoms with Gasteiger partial charge >= 0.3 is 17.9 Å². The molecule has 1 N–H and O–H groups in total. The van der Waals surface area contributed by atoms with E-state index in [0.717, 1.165) is 5.56 Å². The fourth-order valence-corrected chi connectivity index (χ4v) is 3.78. The van der Waals surface area contributed by atoms with E-state index in [2.05, 4.69) is 5.32 Å². The van der Waals surface area contributed by atoms with Crippen LogP contribution in [0.3, 0.4) is 0 Å². The number of hydrogen-bond acceptors (Lipinski definition) is 9. The van der Waals surface area contributed by atoms with Crippen LogP contribution in [0.5, 0.6) is 0 Å². The van der Waals surface area contributed by atoms with Gasteiger partial charge in [-0.05, 0) is 17.7 Å². The quantitative estimate of drug-likeness (QED) is 0.408. The van der Waals surface area contributed by atoms with Crippen molar-refractivity contribution >= 4 is 23.8 Å². The number of carbonyl (C=O) groups excluding carboxylic acids is 4. The standard InChI is InChI=1S/C26H29NO9/c1-16(28)32-15-21-23(34-17(2)29)24(35-18(3)30)22(27-25(31)20-12-8-5-9-13-20)26(36-21)33-14-19-10-6-4-7-11-19/h4-13,21-24,26H,14-15H2,1-3H3,(H,27,31)/t21-,22-,23-,24-,26-/m1/s1. The van der Waals surface area contributed by atoms with Crippen molar-refractivity contribution in [1.82, 2.24) is 5.32 Å². The van der Waals surface area contributed by atoms with Gasteiger partial charge in [-0.15, -0.1) is 0 Å². The Labute approximate surface area is 208 Å². The van der Waals surface area contributed by atoms with Crippen molar-refractivity contribution in [2.24, 2.45) is 0 Å². The van der Waals surface area contributed by atoms with E-state index in [4.69, 9.17) is 23.7 Å². The zero-order valence-corrected chi connectivity index (χ0v) is 20.2. The summed E-state index contributed by atoms with van der Waals surface area (Å²) in [5, 5.41) is 2.80. The lowest BCUT2D eigenvalue weighted by Crippen LogP contribution is -2.66. The molecule has 3 rings (SSSR count). The van der Waals surface area contributed by atoms with Crippen molar-refractivity contribution in [2.45, 2.75) is 58.0 Å². The van der Waals surface area contributed by atoms with Crippen LogP contribution >= 0.6 is 0 Å². The summed E-state index contributed by atoms with van der Waals surface area (Å²) >= 11 is 0. The minimum absolute atomic E-state index is 0.106. The second-order valence-electron chi connectivity index (χ2n) is 8.16. The van der Waals surface area contributed by atoms with Gasteiger partial charge in [0, 0.05) is 26.3 Å². The maximum Gasteiger partial charge on any atom is 0.303 e. The molecule has 0 aromatic heterocycles. The fourth-order valence-electron chi connectivity index (χ4n) is 3.78. The lowest BCUT2D eigenvalue weighted by Gasteiger charge is -2.45. The first-order valence-electron chi connectivity index (χ1n) is 11.4. The lowest BCUT2D eigenvalue weighted by atomic mass is 9.95. The van der Waals surface area contributed by atoms with E-state index in [9.17, 15) is 19.2 Å². The van der Waals surface area contributed by atoms with E-state index in [-0.39, 0.29) is 13.2 Å². The van der Waals surface area contributed by atoms with Crippen LogP contribution in [0, 0.1) is 0 Å². The molecule has 5 atom stereocenters.